The molecule has 7 heteroatoms. The number of hydrogen-bond donors (Lipinski definition) is 3. The molecule has 0 bridgehead atoms. The van der Waals surface area contributed by atoms with Gasteiger partial charge in [0.25, 0.3) is 0 Å². The van der Waals surface area contributed by atoms with Gasteiger partial charge in [-0.2, -0.15) is 0 Å². The molecule has 0 aliphatic carbocycles. The summed E-state index contributed by atoms with van der Waals surface area (Å²) in [5.74, 6) is 0. The van der Waals surface area contributed by atoms with Crippen LogP contribution < -0.4 is 0 Å². The van der Waals surface area contributed by atoms with Crippen molar-refractivity contribution in [2.24, 2.45) is 0 Å². The molecule has 0 saturated carbocycles. The van der Waals surface area contributed by atoms with Crippen molar-refractivity contribution < 1.29 is 29.7 Å². The zero-order valence-corrected chi connectivity index (χ0v) is 7.27. The van der Waals surface area contributed by atoms with Crippen molar-refractivity contribution >= 4 is 24.4 Å². The molecule has 0 heterocycles. The van der Waals surface area contributed by atoms with Crippen LogP contribution in [0.4, 0.5) is 14.4 Å². The van der Waals surface area contributed by atoms with Gasteiger partial charge in [-0.25, -0.2) is 0 Å². The number of rotatable bonds is 4. The molecule has 0 aliphatic heterocycles. The molecular formula is C5H9O6P. The van der Waals surface area contributed by atoms with Crippen molar-refractivity contribution in [1.29, 1.82) is 0 Å². The van der Waals surface area contributed by atoms with Crippen LogP contribution in [0.15, 0.2) is 0 Å². The third-order valence-corrected chi connectivity index (χ3v) is 4.88. The summed E-state index contributed by atoms with van der Waals surface area (Å²) in [5.41, 5.74) is -5.15. The standard InChI is InChI=1S/C5H9O6P/c1-2-12(3(6)7,4(8)9)5(10)11/h12H,2H2,1H3,(H,6,7)(H,8,9)(H,10,11). The third kappa shape index (κ3) is 1.38. The molecule has 0 fully saturated rings. The summed E-state index contributed by atoms with van der Waals surface area (Å²) in [6, 6.07) is 0. The van der Waals surface area contributed by atoms with Crippen LogP contribution >= 0.6 is 7.26 Å². The van der Waals surface area contributed by atoms with Gasteiger partial charge in [0.05, 0.1) is 0 Å². The second-order valence-electron chi connectivity index (χ2n) is 2.17. The molecule has 0 saturated heterocycles. The van der Waals surface area contributed by atoms with Crippen molar-refractivity contribution in [3.05, 3.63) is 0 Å². The Kier molecular flexibility index (Phi) is 3.15. The van der Waals surface area contributed by atoms with Gasteiger partial charge >= 0.3 is 67.2 Å². The predicted molar refractivity (Wildman–Crippen MR) is 42.9 cm³/mol. The third-order valence-electron chi connectivity index (χ3n) is 1.63. The molecule has 3 N–H and O–H groups in total. The van der Waals surface area contributed by atoms with Crippen LogP contribution in [0.25, 0.3) is 0 Å². The summed E-state index contributed by atoms with van der Waals surface area (Å²) in [7, 11) is -4.25. The zero-order chi connectivity index (χ0) is 9.94. The molecule has 0 spiro atoms. The molecule has 0 atom stereocenters. The quantitative estimate of drug-likeness (QED) is 0.591. The van der Waals surface area contributed by atoms with Crippen LogP contribution in [-0.4, -0.2) is 38.6 Å². The van der Waals surface area contributed by atoms with Gasteiger partial charge < -0.3 is 0 Å². The van der Waals surface area contributed by atoms with Crippen molar-refractivity contribution in [1.82, 2.24) is 0 Å². The molecule has 0 aromatic rings. The van der Waals surface area contributed by atoms with E-state index >= 15 is 0 Å². The fourth-order valence-electron chi connectivity index (χ4n) is 0.728. The number of hydrogen-bond acceptors (Lipinski definition) is 3. The molecule has 0 amide bonds. The first-order chi connectivity index (χ1) is 5.39. The van der Waals surface area contributed by atoms with Gasteiger partial charge in [0.15, 0.2) is 0 Å². The Morgan fingerprint density at radius 1 is 1.00 bits per heavy atom. The van der Waals surface area contributed by atoms with Crippen LogP contribution in [0.5, 0.6) is 0 Å². The fourth-order valence-corrected chi connectivity index (χ4v) is 2.18. The zero-order valence-electron chi connectivity index (χ0n) is 6.27. The Labute approximate surface area is 68.2 Å². The summed E-state index contributed by atoms with van der Waals surface area (Å²) < 4.78 is 0. The van der Waals surface area contributed by atoms with E-state index < -0.39 is 24.4 Å². The van der Waals surface area contributed by atoms with Crippen molar-refractivity contribution in [2.45, 2.75) is 6.92 Å². The molecule has 6 nitrogen and oxygen atoms in total. The van der Waals surface area contributed by atoms with Crippen molar-refractivity contribution in [2.75, 3.05) is 6.16 Å². The Morgan fingerprint density at radius 3 is 1.25 bits per heavy atom. The summed E-state index contributed by atoms with van der Waals surface area (Å²) in [4.78, 5) is 31.3. The van der Waals surface area contributed by atoms with Gasteiger partial charge in [-0.05, 0) is 0 Å². The second kappa shape index (κ2) is 3.49. The van der Waals surface area contributed by atoms with E-state index in [-0.39, 0.29) is 6.16 Å². The van der Waals surface area contributed by atoms with Crippen molar-refractivity contribution in [3.8, 4) is 0 Å². The molecule has 0 aromatic carbocycles. The summed E-state index contributed by atoms with van der Waals surface area (Å²) in [6.45, 7) is 1.25. The van der Waals surface area contributed by atoms with E-state index in [9.17, 15) is 14.4 Å². The first-order valence-corrected chi connectivity index (χ1v) is 5.30. The average molecular weight is 196 g/mol. The summed E-state index contributed by atoms with van der Waals surface area (Å²) in [6.07, 6.45) is -0.354. The molecule has 70 valence electrons. The number of carboxylic acid groups (broad SMARTS) is 3. The molecular weight excluding hydrogens is 187 g/mol. The first-order valence-electron chi connectivity index (χ1n) is 3.09. The van der Waals surface area contributed by atoms with Crippen LogP contribution in [0.3, 0.4) is 0 Å². The molecule has 0 unspecified atom stereocenters. The maximum atomic E-state index is 10.4. The van der Waals surface area contributed by atoms with E-state index in [2.05, 4.69) is 0 Å². The van der Waals surface area contributed by atoms with E-state index in [0.717, 1.165) is 0 Å². The van der Waals surface area contributed by atoms with Gasteiger partial charge in [-0.15, -0.1) is 0 Å². The Morgan fingerprint density at radius 2 is 1.25 bits per heavy atom. The van der Waals surface area contributed by atoms with Gasteiger partial charge in [0.1, 0.15) is 0 Å². The van der Waals surface area contributed by atoms with Crippen LogP contribution in [0.1, 0.15) is 6.92 Å². The van der Waals surface area contributed by atoms with E-state index in [1.165, 1.54) is 6.92 Å². The normalized spacial score (nSPS) is 12.1. The van der Waals surface area contributed by atoms with Crippen LogP contribution in [-0.2, 0) is 0 Å². The maximum absolute atomic E-state index is 10.4. The molecule has 12 heavy (non-hydrogen) atoms. The van der Waals surface area contributed by atoms with Gasteiger partial charge in [0.2, 0.25) is 0 Å². The van der Waals surface area contributed by atoms with Gasteiger partial charge in [-0.1, -0.05) is 0 Å². The first kappa shape index (κ1) is 10.8. The molecule has 0 rings (SSSR count). The van der Waals surface area contributed by atoms with E-state index in [1.54, 1.807) is 0 Å². The van der Waals surface area contributed by atoms with Gasteiger partial charge in [-0.3, -0.25) is 0 Å². The summed E-state index contributed by atoms with van der Waals surface area (Å²) >= 11 is 0. The van der Waals surface area contributed by atoms with E-state index in [1.807, 2.05) is 0 Å². The van der Waals surface area contributed by atoms with Crippen LogP contribution in [0, 0.1) is 0 Å². The SMILES string of the molecule is CC[PH](C(=O)O)(C(=O)O)C(=O)O. The molecule has 0 aliphatic rings. The monoisotopic (exact) mass is 196 g/mol. The fraction of sp³-hybridized carbons (Fsp3) is 0.400. The van der Waals surface area contributed by atoms with E-state index in [0.29, 0.717) is 0 Å². The van der Waals surface area contributed by atoms with Gasteiger partial charge in [0, 0.05) is 0 Å². The average Bonchev–Trinajstić information content (AvgIpc) is 1.86. The topological polar surface area (TPSA) is 112 Å². The minimum absolute atomic E-state index is 0.354. The Balaban J connectivity index is 5.19. The van der Waals surface area contributed by atoms with Crippen molar-refractivity contribution in [3.63, 3.8) is 0 Å². The second-order valence-corrected chi connectivity index (χ2v) is 5.98. The predicted octanol–water partition coefficient (Wildman–Crippen LogP) is 1.79. The number of carbonyl (C=O) groups is 3. The minimum atomic E-state index is -4.25. The Bertz CT molecular complexity index is 198. The Hall–Kier alpha value is -1.16. The molecule has 0 aromatic heterocycles. The van der Waals surface area contributed by atoms with Crippen LogP contribution in [0.2, 0.25) is 0 Å². The van der Waals surface area contributed by atoms with E-state index in [4.69, 9.17) is 15.3 Å². The summed E-state index contributed by atoms with van der Waals surface area (Å²) in [5, 5.41) is 25.4. The molecule has 0 radical (unpaired) electrons.